The standard InChI is InChI=1S/C12H20N2OS/c1-16-11(4-2-3-5-11)8-14-9-13-12(6-7-12)10(14)15/h13H,2-9H2,1H3. The fourth-order valence-electron chi connectivity index (χ4n) is 3.13. The topological polar surface area (TPSA) is 32.3 Å². The maximum Gasteiger partial charge on any atom is 0.244 e. The number of nitrogens with zero attached hydrogens (tertiary/aromatic N) is 1. The van der Waals surface area contributed by atoms with Crippen molar-refractivity contribution in [1.29, 1.82) is 0 Å². The lowest BCUT2D eigenvalue weighted by atomic mass is 10.1. The summed E-state index contributed by atoms with van der Waals surface area (Å²) >= 11 is 1.97. The van der Waals surface area contributed by atoms with E-state index in [0.717, 1.165) is 26.1 Å². The van der Waals surface area contributed by atoms with Crippen molar-refractivity contribution in [2.75, 3.05) is 19.5 Å². The zero-order valence-corrected chi connectivity index (χ0v) is 10.7. The number of carbonyl (C=O) groups excluding carboxylic acids is 1. The summed E-state index contributed by atoms with van der Waals surface area (Å²) in [5.74, 6) is 0.368. The number of nitrogens with one attached hydrogen (secondary N) is 1. The van der Waals surface area contributed by atoms with Crippen LogP contribution in [0, 0.1) is 0 Å². The van der Waals surface area contributed by atoms with Gasteiger partial charge in [-0.3, -0.25) is 10.1 Å². The third-order valence-corrected chi connectivity index (χ3v) is 5.89. The second kappa shape index (κ2) is 3.64. The van der Waals surface area contributed by atoms with Crippen LogP contribution < -0.4 is 5.32 Å². The predicted octanol–water partition coefficient (Wildman–Crippen LogP) is 1.58. The van der Waals surface area contributed by atoms with Crippen LogP contribution in [0.5, 0.6) is 0 Å². The number of thioether (sulfide) groups is 1. The lowest BCUT2D eigenvalue weighted by Crippen LogP contribution is -2.41. The molecule has 3 rings (SSSR count). The highest BCUT2D eigenvalue weighted by molar-refractivity contribution is 8.00. The fourth-order valence-corrected chi connectivity index (χ4v) is 4.12. The summed E-state index contributed by atoms with van der Waals surface area (Å²) in [5.41, 5.74) is -0.113. The van der Waals surface area contributed by atoms with Crippen molar-refractivity contribution in [2.24, 2.45) is 0 Å². The minimum atomic E-state index is -0.113. The van der Waals surface area contributed by atoms with Crippen LogP contribution >= 0.6 is 11.8 Å². The Morgan fingerprint density at radius 3 is 2.50 bits per heavy atom. The first-order valence-corrected chi connectivity index (χ1v) is 7.52. The molecule has 0 aromatic rings. The smallest absolute Gasteiger partial charge is 0.244 e. The summed E-state index contributed by atoms with van der Waals surface area (Å²) < 4.78 is 0.359. The van der Waals surface area contributed by atoms with Crippen molar-refractivity contribution in [3.63, 3.8) is 0 Å². The Morgan fingerprint density at radius 1 is 1.31 bits per heavy atom. The first-order valence-electron chi connectivity index (χ1n) is 6.29. The van der Waals surface area contributed by atoms with Gasteiger partial charge in [-0.1, -0.05) is 12.8 Å². The summed E-state index contributed by atoms with van der Waals surface area (Å²) in [4.78, 5) is 14.3. The van der Waals surface area contributed by atoms with Gasteiger partial charge in [-0.15, -0.1) is 0 Å². The molecule has 3 aliphatic rings. The van der Waals surface area contributed by atoms with Crippen LogP contribution in [0.2, 0.25) is 0 Å². The molecule has 1 spiro atoms. The summed E-state index contributed by atoms with van der Waals surface area (Å²) in [5, 5.41) is 3.39. The SMILES string of the molecule is CSC1(CN2CNC3(CC3)C2=O)CCCC1. The van der Waals surface area contributed by atoms with E-state index in [-0.39, 0.29) is 5.54 Å². The van der Waals surface area contributed by atoms with Gasteiger partial charge in [-0.05, 0) is 31.9 Å². The van der Waals surface area contributed by atoms with Crippen LogP contribution in [-0.4, -0.2) is 40.6 Å². The van der Waals surface area contributed by atoms with E-state index in [4.69, 9.17) is 0 Å². The van der Waals surface area contributed by atoms with Crippen LogP contribution in [0.25, 0.3) is 0 Å². The predicted molar refractivity (Wildman–Crippen MR) is 66.4 cm³/mol. The second-order valence-electron chi connectivity index (χ2n) is 5.51. The summed E-state index contributed by atoms with van der Waals surface area (Å²) in [6.45, 7) is 1.74. The first-order chi connectivity index (χ1) is 7.70. The van der Waals surface area contributed by atoms with E-state index in [1.54, 1.807) is 0 Å². The number of amides is 1. The van der Waals surface area contributed by atoms with Gasteiger partial charge in [0.1, 0.15) is 0 Å². The van der Waals surface area contributed by atoms with Crippen LogP contribution in [0.3, 0.4) is 0 Å². The molecule has 3 fully saturated rings. The molecule has 1 heterocycles. The van der Waals surface area contributed by atoms with Gasteiger partial charge in [-0.2, -0.15) is 11.8 Å². The van der Waals surface area contributed by atoms with Gasteiger partial charge in [0, 0.05) is 11.3 Å². The van der Waals surface area contributed by atoms with E-state index in [9.17, 15) is 4.79 Å². The molecule has 3 nitrogen and oxygen atoms in total. The molecule has 2 saturated carbocycles. The van der Waals surface area contributed by atoms with Gasteiger partial charge in [0.15, 0.2) is 0 Å². The average Bonchev–Trinajstić information content (AvgIpc) is 2.85. The lowest BCUT2D eigenvalue weighted by molar-refractivity contribution is -0.130. The number of hydrogen-bond donors (Lipinski definition) is 1. The third-order valence-electron chi connectivity index (χ3n) is 4.48. The molecule has 1 amide bonds. The molecule has 0 aromatic heterocycles. The van der Waals surface area contributed by atoms with Gasteiger partial charge in [0.2, 0.25) is 5.91 Å². The fraction of sp³-hybridized carbons (Fsp3) is 0.917. The van der Waals surface area contributed by atoms with Crippen molar-refractivity contribution in [3.8, 4) is 0 Å². The second-order valence-corrected chi connectivity index (χ2v) is 6.79. The first kappa shape index (κ1) is 10.9. The van der Waals surface area contributed by atoms with Gasteiger partial charge in [-0.25, -0.2) is 0 Å². The highest BCUT2D eigenvalue weighted by atomic mass is 32.2. The quantitative estimate of drug-likeness (QED) is 0.813. The van der Waals surface area contributed by atoms with E-state index >= 15 is 0 Å². The van der Waals surface area contributed by atoms with E-state index in [0.29, 0.717) is 10.7 Å². The van der Waals surface area contributed by atoms with Crippen LogP contribution in [0.4, 0.5) is 0 Å². The van der Waals surface area contributed by atoms with Crippen molar-refractivity contribution in [3.05, 3.63) is 0 Å². The molecule has 0 atom stereocenters. The zero-order chi connectivity index (χ0) is 11.2. The molecule has 0 bridgehead atoms. The number of hydrogen-bond acceptors (Lipinski definition) is 3. The number of rotatable bonds is 3. The Balaban J connectivity index is 1.68. The molecule has 1 N–H and O–H groups in total. The molecule has 2 aliphatic carbocycles. The van der Waals surface area contributed by atoms with E-state index in [1.807, 2.05) is 11.8 Å². The maximum absolute atomic E-state index is 12.2. The highest BCUT2D eigenvalue weighted by Crippen LogP contribution is 2.44. The third kappa shape index (κ3) is 1.58. The largest absolute Gasteiger partial charge is 0.327 e. The summed E-state index contributed by atoms with van der Waals surface area (Å²) in [6.07, 6.45) is 9.54. The molecule has 1 aliphatic heterocycles. The van der Waals surface area contributed by atoms with Crippen LogP contribution in [-0.2, 0) is 4.79 Å². The zero-order valence-electron chi connectivity index (χ0n) is 9.92. The molecular weight excluding hydrogens is 220 g/mol. The monoisotopic (exact) mass is 240 g/mol. The van der Waals surface area contributed by atoms with Crippen molar-refractivity contribution < 1.29 is 4.79 Å². The average molecular weight is 240 g/mol. The molecule has 16 heavy (non-hydrogen) atoms. The maximum atomic E-state index is 12.2. The molecule has 1 saturated heterocycles. The van der Waals surface area contributed by atoms with Crippen LogP contribution in [0.1, 0.15) is 38.5 Å². The Morgan fingerprint density at radius 2 is 2.00 bits per heavy atom. The van der Waals surface area contributed by atoms with Gasteiger partial charge in [0.25, 0.3) is 0 Å². The van der Waals surface area contributed by atoms with E-state index in [2.05, 4.69) is 16.5 Å². The Labute approximate surface area is 101 Å². The Hall–Kier alpha value is -0.220. The van der Waals surface area contributed by atoms with E-state index < -0.39 is 0 Å². The van der Waals surface area contributed by atoms with Crippen molar-refractivity contribution in [2.45, 2.75) is 48.8 Å². The lowest BCUT2D eigenvalue weighted by Gasteiger charge is -2.31. The Kier molecular flexibility index (Phi) is 2.48. The molecule has 0 aromatic carbocycles. The highest BCUT2D eigenvalue weighted by Gasteiger charge is 2.56. The van der Waals surface area contributed by atoms with Gasteiger partial charge >= 0.3 is 0 Å². The van der Waals surface area contributed by atoms with Crippen LogP contribution in [0.15, 0.2) is 0 Å². The minimum Gasteiger partial charge on any atom is -0.327 e. The molecule has 90 valence electrons. The number of carbonyl (C=O) groups is 1. The van der Waals surface area contributed by atoms with Crippen molar-refractivity contribution >= 4 is 17.7 Å². The molecule has 0 radical (unpaired) electrons. The summed E-state index contributed by atoms with van der Waals surface area (Å²) in [6, 6.07) is 0. The molecule has 4 heteroatoms. The minimum absolute atomic E-state index is 0.113. The normalized spacial score (nSPS) is 30.3. The summed E-state index contributed by atoms with van der Waals surface area (Å²) in [7, 11) is 0. The Bertz CT molecular complexity index is 308. The van der Waals surface area contributed by atoms with Gasteiger partial charge in [0.05, 0.1) is 12.2 Å². The molecular formula is C12H20N2OS. The van der Waals surface area contributed by atoms with Crippen molar-refractivity contribution in [1.82, 2.24) is 10.2 Å². The molecule has 0 unspecified atom stereocenters. The van der Waals surface area contributed by atoms with Gasteiger partial charge < -0.3 is 4.90 Å². The van der Waals surface area contributed by atoms with E-state index in [1.165, 1.54) is 25.7 Å².